The molecule has 3 rings (SSSR count). The van der Waals surface area contributed by atoms with Crippen molar-refractivity contribution in [2.24, 2.45) is 5.11 Å². The summed E-state index contributed by atoms with van der Waals surface area (Å²) in [6.07, 6.45) is 0. The highest BCUT2D eigenvalue weighted by atomic mass is 15.1. The topological polar surface area (TPSA) is 48.8 Å². The fourth-order valence-corrected chi connectivity index (χ4v) is 2.71. The van der Waals surface area contributed by atoms with Gasteiger partial charge in [-0.1, -0.05) is 90.0 Å². The predicted molar refractivity (Wildman–Crippen MR) is 89.1 cm³/mol. The molecule has 0 saturated heterocycles. The summed E-state index contributed by atoms with van der Waals surface area (Å²) in [7, 11) is 0. The van der Waals surface area contributed by atoms with E-state index in [0.29, 0.717) is 5.69 Å². The van der Waals surface area contributed by atoms with Crippen LogP contribution in [0, 0.1) is 0 Å². The lowest BCUT2D eigenvalue weighted by Crippen LogP contribution is -2.03. The number of hydrogen-bond acceptors (Lipinski definition) is 1. The van der Waals surface area contributed by atoms with Gasteiger partial charge in [-0.3, -0.25) is 0 Å². The molecule has 0 aromatic heterocycles. The van der Waals surface area contributed by atoms with Crippen LogP contribution < -0.4 is 0 Å². The monoisotopic (exact) mass is 285 g/mol. The average molecular weight is 285 g/mol. The first-order chi connectivity index (χ1) is 10.9. The minimum Gasteiger partial charge on any atom is -0.0622 e. The van der Waals surface area contributed by atoms with Crippen LogP contribution in [0.1, 0.15) is 22.6 Å². The smallest absolute Gasteiger partial charge is 0.0417 e. The summed E-state index contributed by atoms with van der Waals surface area (Å²) in [6, 6.07) is 28.3. The average Bonchev–Trinajstić information content (AvgIpc) is 2.59. The highest BCUT2D eigenvalue weighted by Gasteiger charge is 2.18. The zero-order chi connectivity index (χ0) is 15.2. The Balaban J connectivity index is 2.21. The van der Waals surface area contributed by atoms with E-state index in [1.54, 1.807) is 0 Å². The lowest BCUT2D eigenvalue weighted by atomic mass is 9.84. The second-order valence-electron chi connectivity index (χ2n) is 5.00. The SMILES string of the molecule is [N-]=[N+]=Nc1ccccc1C(c1ccccc1)c1ccccc1. The van der Waals surface area contributed by atoms with Gasteiger partial charge in [0.05, 0.1) is 0 Å². The number of azide groups is 1. The van der Waals surface area contributed by atoms with Gasteiger partial charge in [0.25, 0.3) is 0 Å². The minimum absolute atomic E-state index is 0.0455. The number of nitrogens with zero attached hydrogens (tertiary/aromatic N) is 3. The molecule has 0 aliphatic rings. The molecule has 0 fully saturated rings. The van der Waals surface area contributed by atoms with E-state index in [-0.39, 0.29) is 5.92 Å². The van der Waals surface area contributed by atoms with E-state index in [9.17, 15) is 0 Å². The fourth-order valence-electron chi connectivity index (χ4n) is 2.71. The summed E-state index contributed by atoms with van der Waals surface area (Å²) in [5.74, 6) is 0.0455. The molecule has 0 heterocycles. The summed E-state index contributed by atoms with van der Waals surface area (Å²) in [4.78, 5) is 2.96. The minimum atomic E-state index is 0.0455. The third-order valence-corrected chi connectivity index (χ3v) is 3.67. The fraction of sp³-hybridized carbons (Fsp3) is 0.0526. The van der Waals surface area contributed by atoms with Gasteiger partial charge in [-0.25, -0.2) is 0 Å². The maximum Gasteiger partial charge on any atom is 0.0417 e. The van der Waals surface area contributed by atoms with E-state index in [1.807, 2.05) is 60.7 Å². The van der Waals surface area contributed by atoms with Crippen molar-refractivity contribution in [2.45, 2.75) is 5.92 Å². The van der Waals surface area contributed by atoms with Crippen LogP contribution in [0.15, 0.2) is 90.0 Å². The maximum absolute atomic E-state index is 8.83. The normalized spacial score (nSPS) is 10.2. The van der Waals surface area contributed by atoms with E-state index in [2.05, 4.69) is 34.3 Å². The van der Waals surface area contributed by atoms with Crippen molar-refractivity contribution >= 4 is 5.69 Å². The van der Waals surface area contributed by atoms with Crippen LogP contribution in [0.5, 0.6) is 0 Å². The first-order valence-electron chi connectivity index (χ1n) is 7.14. The molecule has 0 unspecified atom stereocenters. The van der Waals surface area contributed by atoms with Gasteiger partial charge in [-0.2, -0.15) is 0 Å². The van der Waals surface area contributed by atoms with E-state index in [0.717, 1.165) is 5.56 Å². The summed E-state index contributed by atoms with van der Waals surface area (Å²) >= 11 is 0. The zero-order valence-electron chi connectivity index (χ0n) is 12.0. The Morgan fingerprint density at radius 1 is 0.682 bits per heavy atom. The van der Waals surface area contributed by atoms with Gasteiger partial charge in [-0.05, 0) is 22.2 Å². The molecule has 0 bridgehead atoms. The van der Waals surface area contributed by atoms with Gasteiger partial charge >= 0.3 is 0 Å². The quantitative estimate of drug-likeness (QED) is 0.251. The molecule has 0 amide bonds. The Morgan fingerprint density at radius 3 is 1.73 bits per heavy atom. The van der Waals surface area contributed by atoms with Crippen LogP contribution in [0.2, 0.25) is 0 Å². The molecule has 22 heavy (non-hydrogen) atoms. The van der Waals surface area contributed by atoms with Gasteiger partial charge in [-0.15, -0.1) is 0 Å². The Morgan fingerprint density at radius 2 is 1.18 bits per heavy atom. The van der Waals surface area contributed by atoms with Crippen molar-refractivity contribution in [2.75, 3.05) is 0 Å². The molecule has 3 aromatic rings. The summed E-state index contributed by atoms with van der Waals surface area (Å²) < 4.78 is 0. The molecule has 106 valence electrons. The van der Waals surface area contributed by atoms with E-state index in [1.165, 1.54) is 11.1 Å². The zero-order valence-corrected chi connectivity index (χ0v) is 12.0. The highest BCUT2D eigenvalue weighted by Crippen LogP contribution is 2.37. The molecular formula is C19H15N3. The summed E-state index contributed by atoms with van der Waals surface area (Å²) in [5, 5.41) is 3.86. The lowest BCUT2D eigenvalue weighted by molar-refractivity contribution is 0.975. The van der Waals surface area contributed by atoms with Gasteiger partial charge in [0.15, 0.2) is 0 Å². The molecule has 0 saturated carbocycles. The number of benzene rings is 3. The third-order valence-electron chi connectivity index (χ3n) is 3.67. The highest BCUT2D eigenvalue weighted by molar-refractivity contribution is 5.55. The van der Waals surface area contributed by atoms with E-state index >= 15 is 0 Å². The van der Waals surface area contributed by atoms with Crippen LogP contribution in [0.4, 0.5) is 5.69 Å². The van der Waals surface area contributed by atoms with Gasteiger partial charge in [0.1, 0.15) is 0 Å². The van der Waals surface area contributed by atoms with Crippen LogP contribution in [-0.4, -0.2) is 0 Å². The number of rotatable bonds is 4. The van der Waals surface area contributed by atoms with E-state index in [4.69, 9.17) is 5.53 Å². The van der Waals surface area contributed by atoms with E-state index < -0.39 is 0 Å². The van der Waals surface area contributed by atoms with Crippen molar-refractivity contribution in [3.63, 3.8) is 0 Å². The molecule has 3 nitrogen and oxygen atoms in total. The Bertz CT molecular complexity index is 752. The second-order valence-corrected chi connectivity index (χ2v) is 5.00. The van der Waals surface area contributed by atoms with Gasteiger partial charge in [0, 0.05) is 16.5 Å². The Labute approximate surface area is 129 Å². The molecule has 0 atom stereocenters. The van der Waals surface area contributed by atoms with Crippen LogP contribution in [-0.2, 0) is 0 Å². The Kier molecular flexibility index (Phi) is 4.19. The van der Waals surface area contributed by atoms with Crippen LogP contribution >= 0.6 is 0 Å². The predicted octanol–water partition coefficient (Wildman–Crippen LogP) is 5.81. The molecule has 0 aliphatic heterocycles. The van der Waals surface area contributed by atoms with Crippen LogP contribution in [0.25, 0.3) is 10.4 Å². The summed E-state index contributed by atoms with van der Waals surface area (Å²) in [5.41, 5.74) is 12.9. The molecule has 0 radical (unpaired) electrons. The van der Waals surface area contributed by atoms with Gasteiger partial charge in [0.2, 0.25) is 0 Å². The number of hydrogen-bond donors (Lipinski definition) is 0. The van der Waals surface area contributed by atoms with Crippen molar-refractivity contribution in [1.29, 1.82) is 0 Å². The van der Waals surface area contributed by atoms with Crippen molar-refractivity contribution in [1.82, 2.24) is 0 Å². The third kappa shape index (κ3) is 2.85. The maximum atomic E-state index is 8.83. The van der Waals surface area contributed by atoms with Crippen molar-refractivity contribution in [3.8, 4) is 0 Å². The second kappa shape index (κ2) is 6.61. The summed E-state index contributed by atoms with van der Waals surface area (Å²) in [6.45, 7) is 0. The standard InChI is InChI=1S/C19H15N3/c20-22-21-18-14-8-7-13-17(18)19(15-9-3-1-4-10-15)16-11-5-2-6-12-16/h1-14,19H. The molecule has 3 heteroatoms. The first kappa shape index (κ1) is 13.9. The molecule has 0 aliphatic carbocycles. The first-order valence-corrected chi connectivity index (χ1v) is 7.14. The lowest BCUT2D eigenvalue weighted by Gasteiger charge is -2.20. The largest absolute Gasteiger partial charge is 0.0622 e. The molecule has 3 aromatic carbocycles. The Hall–Kier alpha value is -3.03. The molecule has 0 spiro atoms. The molecule has 0 N–H and O–H groups in total. The van der Waals surface area contributed by atoms with Crippen LogP contribution in [0.3, 0.4) is 0 Å². The van der Waals surface area contributed by atoms with Gasteiger partial charge < -0.3 is 0 Å². The van der Waals surface area contributed by atoms with Crippen molar-refractivity contribution in [3.05, 3.63) is 112 Å². The van der Waals surface area contributed by atoms with Crippen molar-refractivity contribution < 1.29 is 0 Å². The molecular weight excluding hydrogens is 270 g/mol.